The quantitative estimate of drug-likeness (QED) is 0.219. The molecule has 2 saturated heterocycles. The lowest BCUT2D eigenvalue weighted by atomic mass is 9.75. The highest BCUT2D eigenvalue weighted by atomic mass is 32.2. The fraction of sp³-hybridized carbons (Fsp3) is 0.654. The first kappa shape index (κ1) is 25.8. The van der Waals surface area contributed by atoms with Gasteiger partial charge in [0, 0.05) is 17.5 Å². The second-order valence-electron chi connectivity index (χ2n) is 9.59. The Balaban J connectivity index is 1.89. The number of fused-ring (bicyclic) bond motifs is 1. The SMILES string of the molecule is CCCCCCSc1ccc(C2N[C@@](CC(C)C)(C(=O)OC)C3C(=O)N(CC)C(=O)C23)cc1. The number of nitrogens with zero attached hydrogens (tertiary/aromatic N) is 1. The van der Waals surface area contributed by atoms with E-state index in [9.17, 15) is 14.4 Å². The number of ether oxygens (including phenoxy) is 1. The molecule has 0 saturated carbocycles. The molecule has 0 spiro atoms. The van der Waals surface area contributed by atoms with Gasteiger partial charge in [-0.15, -0.1) is 11.8 Å². The molecule has 7 heteroatoms. The fourth-order valence-corrected chi connectivity index (χ4v) is 6.35. The van der Waals surface area contributed by atoms with Crippen LogP contribution in [0.25, 0.3) is 0 Å². The van der Waals surface area contributed by atoms with E-state index in [0.717, 1.165) is 11.3 Å². The summed E-state index contributed by atoms with van der Waals surface area (Å²) in [7, 11) is 1.35. The summed E-state index contributed by atoms with van der Waals surface area (Å²) in [6.07, 6.45) is 5.39. The minimum Gasteiger partial charge on any atom is -0.468 e. The lowest BCUT2D eigenvalue weighted by molar-refractivity contribution is -0.155. The molecule has 2 heterocycles. The van der Waals surface area contributed by atoms with Crippen LogP contribution in [0.3, 0.4) is 0 Å². The Labute approximate surface area is 202 Å². The highest BCUT2D eigenvalue weighted by Gasteiger charge is 2.68. The number of methoxy groups -OCH3 is 1. The van der Waals surface area contributed by atoms with Gasteiger partial charge in [0.1, 0.15) is 5.54 Å². The number of rotatable bonds is 11. The number of thioether (sulfide) groups is 1. The summed E-state index contributed by atoms with van der Waals surface area (Å²) in [5, 5.41) is 3.45. The number of carbonyl (C=O) groups is 3. The normalized spacial score (nSPS) is 26.8. The summed E-state index contributed by atoms with van der Waals surface area (Å²) in [6.45, 7) is 8.35. The minimum absolute atomic E-state index is 0.140. The van der Waals surface area contributed by atoms with Crippen LogP contribution < -0.4 is 5.32 Å². The number of carbonyl (C=O) groups excluding carboxylic acids is 3. The lowest BCUT2D eigenvalue weighted by Gasteiger charge is -2.33. The summed E-state index contributed by atoms with van der Waals surface area (Å²) in [4.78, 5) is 42.2. The van der Waals surface area contributed by atoms with Crippen LogP contribution in [0.4, 0.5) is 0 Å². The van der Waals surface area contributed by atoms with E-state index in [-0.39, 0.29) is 17.7 Å². The number of unbranched alkanes of at least 4 members (excludes halogenated alkanes) is 3. The topological polar surface area (TPSA) is 75.7 Å². The van der Waals surface area contributed by atoms with E-state index >= 15 is 0 Å². The Morgan fingerprint density at radius 1 is 1.12 bits per heavy atom. The molecule has 0 radical (unpaired) electrons. The molecule has 0 aromatic heterocycles. The predicted molar refractivity (Wildman–Crippen MR) is 131 cm³/mol. The van der Waals surface area contributed by atoms with Crippen molar-refractivity contribution in [3.63, 3.8) is 0 Å². The second-order valence-corrected chi connectivity index (χ2v) is 10.8. The van der Waals surface area contributed by atoms with Crippen molar-refractivity contribution < 1.29 is 19.1 Å². The van der Waals surface area contributed by atoms with Crippen molar-refractivity contribution in [2.75, 3.05) is 19.4 Å². The Morgan fingerprint density at radius 2 is 1.82 bits per heavy atom. The molecular weight excluding hydrogens is 436 g/mol. The molecule has 6 nitrogen and oxygen atoms in total. The van der Waals surface area contributed by atoms with E-state index in [1.807, 2.05) is 37.7 Å². The smallest absolute Gasteiger partial charge is 0.326 e. The Hall–Kier alpha value is -1.86. The molecule has 3 unspecified atom stereocenters. The van der Waals surface area contributed by atoms with Gasteiger partial charge in [-0.1, -0.05) is 52.2 Å². The summed E-state index contributed by atoms with van der Waals surface area (Å²) < 4.78 is 5.19. The number of imide groups is 1. The zero-order valence-electron chi connectivity index (χ0n) is 20.6. The second kappa shape index (κ2) is 11.0. The first-order valence-corrected chi connectivity index (χ1v) is 13.2. The van der Waals surface area contributed by atoms with Crippen LogP contribution in [0.1, 0.15) is 71.4 Å². The van der Waals surface area contributed by atoms with Gasteiger partial charge in [-0.05, 0) is 49.1 Å². The van der Waals surface area contributed by atoms with Gasteiger partial charge in [-0.3, -0.25) is 24.6 Å². The van der Waals surface area contributed by atoms with E-state index in [4.69, 9.17) is 4.74 Å². The van der Waals surface area contributed by atoms with Crippen molar-refractivity contribution in [1.29, 1.82) is 0 Å². The van der Waals surface area contributed by atoms with Crippen LogP contribution in [0.15, 0.2) is 29.2 Å². The highest BCUT2D eigenvalue weighted by molar-refractivity contribution is 7.99. The molecule has 2 fully saturated rings. The average molecular weight is 475 g/mol. The third-order valence-electron chi connectivity index (χ3n) is 6.85. The number of esters is 1. The van der Waals surface area contributed by atoms with E-state index in [1.54, 1.807) is 6.92 Å². The molecule has 0 bridgehead atoms. The Kier molecular flexibility index (Phi) is 8.62. The molecule has 2 amide bonds. The van der Waals surface area contributed by atoms with Crippen LogP contribution in [0.2, 0.25) is 0 Å². The van der Waals surface area contributed by atoms with Gasteiger partial charge in [0.05, 0.1) is 18.9 Å². The van der Waals surface area contributed by atoms with Gasteiger partial charge in [-0.25, -0.2) is 0 Å². The third-order valence-corrected chi connectivity index (χ3v) is 7.95. The molecule has 1 N–H and O–H groups in total. The molecule has 2 aliphatic heterocycles. The van der Waals surface area contributed by atoms with Crippen LogP contribution in [0, 0.1) is 17.8 Å². The molecular formula is C26H38N2O4S. The van der Waals surface area contributed by atoms with Gasteiger partial charge >= 0.3 is 5.97 Å². The maximum atomic E-state index is 13.3. The fourth-order valence-electron chi connectivity index (χ4n) is 5.44. The van der Waals surface area contributed by atoms with Gasteiger partial charge in [0.15, 0.2) is 0 Å². The van der Waals surface area contributed by atoms with Crippen molar-refractivity contribution in [2.24, 2.45) is 17.8 Å². The van der Waals surface area contributed by atoms with Gasteiger partial charge in [-0.2, -0.15) is 0 Å². The highest BCUT2D eigenvalue weighted by Crippen LogP contribution is 2.51. The van der Waals surface area contributed by atoms with Crippen molar-refractivity contribution in [1.82, 2.24) is 10.2 Å². The third kappa shape index (κ3) is 4.99. The molecule has 3 rings (SSSR count). The van der Waals surface area contributed by atoms with Crippen molar-refractivity contribution in [2.45, 2.75) is 76.3 Å². The van der Waals surface area contributed by atoms with Gasteiger partial charge < -0.3 is 4.74 Å². The van der Waals surface area contributed by atoms with Crippen LogP contribution >= 0.6 is 11.8 Å². The first-order valence-electron chi connectivity index (χ1n) is 12.2. The number of hydrogen-bond donors (Lipinski definition) is 1. The zero-order chi connectivity index (χ0) is 24.2. The van der Waals surface area contributed by atoms with E-state index in [2.05, 4.69) is 24.4 Å². The first-order chi connectivity index (χ1) is 15.8. The van der Waals surface area contributed by atoms with Crippen molar-refractivity contribution in [3.05, 3.63) is 29.8 Å². The average Bonchev–Trinajstić information content (AvgIpc) is 3.26. The maximum Gasteiger partial charge on any atom is 0.326 e. The Bertz CT molecular complexity index is 856. The van der Waals surface area contributed by atoms with Crippen LogP contribution in [-0.4, -0.2) is 47.6 Å². The molecule has 33 heavy (non-hydrogen) atoms. The summed E-state index contributed by atoms with van der Waals surface area (Å²) in [5.74, 6) is -1.07. The van der Waals surface area contributed by atoms with Gasteiger partial charge in [0.2, 0.25) is 11.8 Å². The number of hydrogen-bond acceptors (Lipinski definition) is 6. The summed E-state index contributed by atoms with van der Waals surface area (Å²) in [5.41, 5.74) is -0.282. The van der Waals surface area contributed by atoms with E-state index in [1.165, 1.54) is 42.6 Å². The van der Waals surface area contributed by atoms with E-state index in [0.29, 0.717) is 13.0 Å². The van der Waals surface area contributed by atoms with Crippen molar-refractivity contribution in [3.8, 4) is 0 Å². The largest absolute Gasteiger partial charge is 0.468 e. The Morgan fingerprint density at radius 3 is 2.39 bits per heavy atom. The lowest BCUT2D eigenvalue weighted by Crippen LogP contribution is -2.57. The zero-order valence-corrected chi connectivity index (χ0v) is 21.4. The molecule has 2 aliphatic rings. The molecule has 182 valence electrons. The van der Waals surface area contributed by atoms with Crippen LogP contribution in [-0.2, 0) is 19.1 Å². The summed E-state index contributed by atoms with van der Waals surface area (Å²) >= 11 is 1.84. The van der Waals surface area contributed by atoms with Gasteiger partial charge in [0.25, 0.3) is 0 Å². The molecule has 1 aromatic rings. The standard InChI is InChI=1S/C26H38N2O4S/c1-6-8-9-10-15-33-19-13-11-18(12-14-19)22-20-21(24(30)28(7-2)23(20)29)26(27-22,16-17(3)4)25(31)32-5/h11-14,17,20-22,27H,6-10,15-16H2,1-5H3/t20?,21?,22?,26-/m1/s1. The van der Waals surface area contributed by atoms with Crippen molar-refractivity contribution >= 4 is 29.5 Å². The number of benzene rings is 1. The predicted octanol–water partition coefficient (Wildman–Crippen LogP) is 4.58. The summed E-state index contributed by atoms with van der Waals surface area (Å²) in [6, 6.07) is 7.80. The number of amides is 2. The van der Waals surface area contributed by atoms with Crippen LogP contribution in [0.5, 0.6) is 0 Å². The number of likely N-dealkylation sites (tertiary alicyclic amines) is 1. The molecule has 4 atom stereocenters. The number of nitrogens with one attached hydrogen (secondary N) is 1. The monoisotopic (exact) mass is 474 g/mol. The van der Waals surface area contributed by atoms with E-state index < -0.39 is 29.4 Å². The minimum atomic E-state index is -1.21. The molecule has 1 aromatic carbocycles. The maximum absolute atomic E-state index is 13.3. The molecule has 0 aliphatic carbocycles.